The summed E-state index contributed by atoms with van der Waals surface area (Å²) >= 11 is 1.57. The van der Waals surface area contributed by atoms with Crippen molar-refractivity contribution in [2.24, 2.45) is 0 Å². The largest absolute Gasteiger partial charge is 0.369 e. The molecule has 0 radical (unpaired) electrons. The van der Waals surface area contributed by atoms with E-state index in [1.54, 1.807) is 17.5 Å². The van der Waals surface area contributed by atoms with Crippen molar-refractivity contribution < 1.29 is 4.79 Å². The molecule has 1 amide bonds. The third-order valence-electron chi connectivity index (χ3n) is 4.51. The van der Waals surface area contributed by atoms with Gasteiger partial charge in [0.1, 0.15) is 22.2 Å². The zero-order valence-electron chi connectivity index (χ0n) is 14.8. The summed E-state index contributed by atoms with van der Waals surface area (Å²) in [6, 6.07) is 7.69. The predicted molar refractivity (Wildman–Crippen MR) is 105 cm³/mol. The minimum Gasteiger partial charge on any atom is -0.369 e. The number of hydrogen-bond donors (Lipinski definition) is 2. The molecule has 1 aliphatic heterocycles. The third kappa shape index (κ3) is 2.97. The van der Waals surface area contributed by atoms with Crippen LogP contribution in [0.25, 0.3) is 21.7 Å². The number of carbonyl (C=O) groups excluding carboxylic acids is 1. The number of thiophene rings is 1. The second-order valence-electron chi connectivity index (χ2n) is 6.27. The lowest BCUT2D eigenvalue weighted by Crippen LogP contribution is -2.36. The van der Waals surface area contributed by atoms with E-state index in [0.29, 0.717) is 37.7 Å². The summed E-state index contributed by atoms with van der Waals surface area (Å²) < 4.78 is 1.87. The SMILES string of the molecule is O=C1NCCn2c(CCNc3nc(-c4ccccn4)nc4sccc34)nnc21. The van der Waals surface area contributed by atoms with Crippen molar-refractivity contribution >= 4 is 33.3 Å². The molecule has 0 fully saturated rings. The first kappa shape index (κ1) is 16.8. The number of carbonyl (C=O) groups is 1. The Bertz CT molecular complexity index is 1150. The van der Waals surface area contributed by atoms with Crippen LogP contribution in [-0.4, -0.2) is 48.7 Å². The zero-order chi connectivity index (χ0) is 18.9. The van der Waals surface area contributed by atoms with Crippen molar-refractivity contribution in [3.8, 4) is 11.5 Å². The molecule has 10 heteroatoms. The molecule has 0 spiro atoms. The smallest absolute Gasteiger partial charge is 0.289 e. The van der Waals surface area contributed by atoms with E-state index in [-0.39, 0.29) is 5.91 Å². The van der Waals surface area contributed by atoms with Crippen LogP contribution in [0.3, 0.4) is 0 Å². The van der Waals surface area contributed by atoms with Gasteiger partial charge >= 0.3 is 0 Å². The lowest BCUT2D eigenvalue weighted by Gasteiger charge is -2.15. The van der Waals surface area contributed by atoms with E-state index >= 15 is 0 Å². The standard InChI is InChI=1S/C18H16N8OS/c27-17-16-25-24-13(26(16)9-8-21-17)4-7-20-14-11-5-10-28-18(11)23-15(22-14)12-3-1-2-6-19-12/h1-3,5-6,10H,4,7-9H2,(H,21,27)(H,20,22,23). The van der Waals surface area contributed by atoms with E-state index in [1.165, 1.54) is 0 Å². The molecule has 0 aromatic carbocycles. The Morgan fingerprint density at radius 3 is 3.07 bits per heavy atom. The maximum Gasteiger partial charge on any atom is 0.289 e. The molecular formula is C18H16N8OS. The van der Waals surface area contributed by atoms with Crippen molar-refractivity contribution in [2.45, 2.75) is 13.0 Å². The molecule has 2 N–H and O–H groups in total. The predicted octanol–water partition coefficient (Wildman–Crippen LogP) is 1.74. The number of rotatable bonds is 5. The fourth-order valence-electron chi connectivity index (χ4n) is 3.18. The molecule has 9 nitrogen and oxygen atoms in total. The lowest BCUT2D eigenvalue weighted by atomic mass is 10.3. The molecule has 5 heterocycles. The van der Waals surface area contributed by atoms with E-state index in [0.717, 1.165) is 27.6 Å². The molecule has 0 bridgehead atoms. The highest BCUT2D eigenvalue weighted by Gasteiger charge is 2.22. The van der Waals surface area contributed by atoms with Gasteiger partial charge in [0.25, 0.3) is 5.91 Å². The molecule has 0 saturated carbocycles. The molecule has 4 aromatic rings. The van der Waals surface area contributed by atoms with E-state index in [1.807, 2.05) is 34.2 Å². The molecule has 28 heavy (non-hydrogen) atoms. The molecule has 0 saturated heterocycles. The van der Waals surface area contributed by atoms with E-state index in [4.69, 9.17) is 0 Å². The Balaban J connectivity index is 1.38. The number of hydrogen-bond acceptors (Lipinski definition) is 8. The summed E-state index contributed by atoms with van der Waals surface area (Å²) in [7, 11) is 0. The highest BCUT2D eigenvalue weighted by atomic mass is 32.1. The molecule has 0 unspecified atom stereocenters. The van der Waals surface area contributed by atoms with Crippen LogP contribution >= 0.6 is 11.3 Å². The van der Waals surface area contributed by atoms with Crippen LogP contribution in [0.1, 0.15) is 16.4 Å². The Morgan fingerprint density at radius 2 is 2.18 bits per heavy atom. The van der Waals surface area contributed by atoms with E-state index in [9.17, 15) is 4.79 Å². The first-order valence-corrected chi connectivity index (χ1v) is 9.78. The molecule has 0 aliphatic carbocycles. The maximum absolute atomic E-state index is 11.8. The van der Waals surface area contributed by atoms with Crippen LogP contribution in [0.4, 0.5) is 5.82 Å². The third-order valence-corrected chi connectivity index (χ3v) is 5.32. The van der Waals surface area contributed by atoms with Crippen LogP contribution in [0, 0.1) is 0 Å². The monoisotopic (exact) mass is 392 g/mol. The topological polar surface area (TPSA) is 111 Å². The summed E-state index contributed by atoms with van der Waals surface area (Å²) in [6.45, 7) is 1.90. The van der Waals surface area contributed by atoms with Crippen LogP contribution < -0.4 is 10.6 Å². The molecule has 140 valence electrons. The summed E-state index contributed by atoms with van der Waals surface area (Å²) in [5.74, 6) is 2.35. The quantitative estimate of drug-likeness (QED) is 0.532. The normalized spacial score (nSPS) is 13.4. The second kappa shape index (κ2) is 6.97. The summed E-state index contributed by atoms with van der Waals surface area (Å²) in [4.78, 5) is 26.4. The number of pyridine rings is 1. The van der Waals surface area contributed by atoms with E-state index < -0.39 is 0 Å². The highest BCUT2D eigenvalue weighted by Crippen LogP contribution is 2.27. The molecule has 0 atom stereocenters. The number of amides is 1. The van der Waals surface area contributed by atoms with Crippen LogP contribution in [0.5, 0.6) is 0 Å². The van der Waals surface area contributed by atoms with Gasteiger partial charge in [0.15, 0.2) is 5.82 Å². The van der Waals surface area contributed by atoms with Gasteiger partial charge < -0.3 is 15.2 Å². The van der Waals surface area contributed by atoms with Crippen molar-refractivity contribution in [1.29, 1.82) is 0 Å². The van der Waals surface area contributed by atoms with Crippen molar-refractivity contribution in [2.75, 3.05) is 18.4 Å². The fraction of sp³-hybridized carbons (Fsp3) is 0.222. The molecule has 1 aliphatic rings. The summed E-state index contributed by atoms with van der Waals surface area (Å²) in [5.41, 5.74) is 0.735. The Hall–Kier alpha value is -3.40. The highest BCUT2D eigenvalue weighted by molar-refractivity contribution is 7.16. The van der Waals surface area contributed by atoms with Gasteiger partial charge in [-0.3, -0.25) is 9.78 Å². The van der Waals surface area contributed by atoms with Gasteiger partial charge in [-0.1, -0.05) is 6.07 Å². The number of aromatic nitrogens is 6. The van der Waals surface area contributed by atoms with Gasteiger partial charge in [-0.05, 0) is 23.6 Å². The van der Waals surface area contributed by atoms with Gasteiger partial charge in [0.2, 0.25) is 5.82 Å². The minimum atomic E-state index is -0.172. The van der Waals surface area contributed by atoms with Crippen LogP contribution in [-0.2, 0) is 13.0 Å². The number of fused-ring (bicyclic) bond motifs is 2. The molecule has 5 rings (SSSR count). The van der Waals surface area contributed by atoms with Crippen molar-refractivity contribution in [3.05, 3.63) is 47.5 Å². The number of nitrogens with zero attached hydrogens (tertiary/aromatic N) is 6. The van der Waals surface area contributed by atoms with Crippen LogP contribution in [0.2, 0.25) is 0 Å². The Kier molecular flexibility index (Phi) is 4.17. The Labute approximate surface area is 163 Å². The lowest BCUT2D eigenvalue weighted by molar-refractivity contribution is 0.0921. The van der Waals surface area contributed by atoms with Crippen molar-refractivity contribution in [3.63, 3.8) is 0 Å². The van der Waals surface area contributed by atoms with Gasteiger partial charge in [-0.2, -0.15) is 0 Å². The number of anilines is 1. The summed E-state index contributed by atoms with van der Waals surface area (Å²) in [6.07, 6.45) is 2.36. The zero-order valence-corrected chi connectivity index (χ0v) is 15.6. The van der Waals surface area contributed by atoms with Gasteiger partial charge in [-0.25, -0.2) is 9.97 Å². The van der Waals surface area contributed by atoms with Gasteiger partial charge in [-0.15, -0.1) is 21.5 Å². The summed E-state index contributed by atoms with van der Waals surface area (Å²) in [5, 5.41) is 17.3. The Morgan fingerprint density at radius 1 is 1.21 bits per heavy atom. The average molecular weight is 392 g/mol. The maximum atomic E-state index is 11.8. The average Bonchev–Trinajstić information content (AvgIpc) is 3.36. The molecule has 4 aromatic heterocycles. The fourth-order valence-corrected chi connectivity index (χ4v) is 3.94. The minimum absolute atomic E-state index is 0.172. The number of nitrogens with one attached hydrogen (secondary N) is 2. The van der Waals surface area contributed by atoms with Gasteiger partial charge in [0, 0.05) is 32.3 Å². The first-order valence-electron chi connectivity index (χ1n) is 8.90. The van der Waals surface area contributed by atoms with E-state index in [2.05, 4.69) is 35.8 Å². The first-order chi connectivity index (χ1) is 13.8. The molecular weight excluding hydrogens is 376 g/mol. The van der Waals surface area contributed by atoms with Crippen LogP contribution in [0.15, 0.2) is 35.8 Å². The van der Waals surface area contributed by atoms with Gasteiger partial charge in [0.05, 0.1) is 5.39 Å². The van der Waals surface area contributed by atoms with Crippen molar-refractivity contribution in [1.82, 2.24) is 35.0 Å². The second-order valence-corrected chi connectivity index (χ2v) is 7.17.